The summed E-state index contributed by atoms with van der Waals surface area (Å²) in [6.07, 6.45) is 6.45. The number of halogens is 2. The molecule has 0 saturated carbocycles. The Morgan fingerprint density at radius 2 is 2.03 bits per heavy atom. The second-order valence-corrected chi connectivity index (χ2v) is 8.57. The van der Waals surface area contributed by atoms with Gasteiger partial charge in [-0.25, -0.2) is 23.7 Å². The summed E-state index contributed by atoms with van der Waals surface area (Å²) < 4.78 is 33.2. The van der Waals surface area contributed by atoms with Crippen molar-refractivity contribution < 1.29 is 18.3 Å². The molecule has 33 heavy (non-hydrogen) atoms. The molecule has 2 aliphatic heterocycles. The van der Waals surface area contributed by atoms with Crippen LogP contribution in [-0.2, 0) is 22.5 Å². The molecule has 1 fully saturated rings. The van der Waals surface area contributed by atoms with E-state index >= 15 is 0 Å². The zero-order valence-electron chi connectivity index (χ0n) is 18.4. The second kappa shape index (κ2) is 8.92. The molecule has 174 valence electrons. The zero-order chi connectivity index (χ0) is 22.9. The van der Waals surface area contributed by atoms with Crippen molar-refractivity contribution in [1.29, 1.82) is 0 Å². The van der Waals surface area contributed by atoms with Gasteiger partial charge in [-0.3, -0.25) is 4.79 Å². The standard InChI is InChI=1S/C23H26F2N6O2/c1-14(32)31-11-6-18-19(13-31)28-21(22-26-7-8-27-22)23(29-18)30-9-4-16(5-10-30)33-20-3-2-15(24)12-17(20)25/h2-3,7-8,15-16H,4-6,9-13H2,1H3,(H,26,27). The molecule has 4 heterocycles. The highest BCUT2D eigenvalue weighted by Gasteiger charge is 2.29. The number of piperidine rings is 1. The van der Waals surface area contributed by atoms with E-state index in [0.717, 1.165) is 17.2 Å². The van der Waals surface area contributed by atoms with Crippen LogP contribution in [0.2, 0.25) is 0 Å². The fraction of sp³-hybridized carbons (Fsp3) is 0.478. The Morgan fingerprint density at radius 3 is 2.73 bits per heavy atom. The molecule has 2 aromatic rings. The van der Waals surface area contributed by atoms with E-state index in [-0.39, 0.29) is 24.2 Å². The van der Waals surface area contributed by atoms with Crippen LogP contribution < -0.4 is 4.90 Å². The SMILES string of the molecule is CC(=O)N1CCc2nc(N3CCC(OC4=C(F)CC(F)C=C4)CC3)c(-c3ncc[nH]3)nc2C1. The van der Waals surface area contributed by atoms with E-state index in [2.05, 4.69) is 14.9 Å². The predicted molar refractivity (Wildman–Crippen MR) is 118 cm³/mol. The normalized spacial score (nSPS) is 21.4. The van der Waals surface area contributed by atoms with Crippen LogP contribution >= 0.6 is 0 Å². The van der Waals surface area contributed by atoms with Gasteiger partial charge in [0.25, 0.3) is 0 Å². The van der Waals surface area contributed by atoms with Crippen molar-refractivity contribution in [2.45, 2.75) is 51.4 Å². The number of ether oxygens (including phenoxy) is 1. The van der Waals surface area contributed by atoms with Crippen LogP contribution in [0.3, 0.4) is 0 Å². The number of imidazole rings is 1. The summed E-state index contributed by atoms with van der Waals surface area (Å²) >= 11 is 0. The number of nitrogens with one attached hydrogen (secondary N) is 1. The first-order valence-corrected chi connectivity index (χ1v) is 11.3. The van der Waals surface area contributed by atoms with Gasteiger partial charge < -0.3 is 19.5 Å². The van der Waals surface area contributed by atoms with Gasteiger partial charge in [-0.15, -0.1) is 0 Å². The lowest BCUT2D eigenvalue weighted by atomic mass is 10.1. The zero-order valence-corrected chi connectivity index (χ0v) is 18.4. The van der Waals surface area contributed by atoms with E-state index in [1.807, 2.05) is 0 Å². The van der Waals surface area contributed by atoms with Crippen LogP contribution in [0.25, 0.3) is 11.5 Å². The minimum Gasteiger partial charge on any atom is -0.488 e. The molecule has 1 unspecified atom stereocenters. The van der Waals surface area contributed by atoms with Gasteiger partial charge in [0.2, 0.25) is 5.91 Å². The Labute approximate surface area is 190 Å². The fourth-order valence-corrected chi connectivity index (χ4v) is 4.46. The van der Waals surface area contributed by atoms with Crippen molar-refractivity contribution in [3.05, 3.63) is 47.5 Å². The third-order valence-corrected chi connectivity index (χ3v) is 6.29. The van der Waals surface area contributed by atoms with Crippen molar-refractivity contribution in [3.63, 3.8) is 0 Å². The van der Waals surface area contributed by atoms with Crippen LogP contribution in [0.5, 0.6) is 0 Å². The van der Waals surface area contributed by atoms with Crippen molar-refractivity contribution >= 4 is 11.7 Å². The van der Waals surface area contributed by atoms with E-state index in [4.69, 9.17) is 14.7 Å². The third kappa shape index (κ3) is 4.46. The molecular formula is C23H26F2N6O2. The number of nitrogens with zero attached hydrogens (tertiary/aromatic N) is 5. The van der Waals surface area contributed by atoms with Crippen LogP contribution in [-0.4, -0.2) is 62.7 Å². The van der Waals surface area contributed by atoms with E-state index < -0.39 is 12.0 Å². The lowest BCUT2D eigenvalue weighted by Gasteiger charge is -2.35. The van der Waals surface area contributed by atoms with Crippen LogP contribution in [0, 0.1) is 0 Å². The molecule has 5 rings (SSSR count). The van der Waals surface area contributed by atoms with Crippen LogP contribution in [0.15, 0.2) is 36.1 Å². The minimum atomic E-state index is -1.29. The quantitative estimate of drug-likeness (QED) is 0.760. The highest BCUT2D eigenvalue weighted by Crippen LogP contribution is 2.32. The van der Waals surface area contributed by atoms with Gasteiger partial charge in [-0.1, -0.05) is 0 Å². The smallest absolute Gasteiger partial charge is 0.219 e. The van der Waals surface area contributed by atoms with E-state index in [0.29, 0.717) is 57.0 Å². The Hall–Kier alpha value is -3.30. The van der Waals surface area contributed by atoms with Gasteiger partial charge in [0, 0.05) is 64.6 Å². The number of carbonyl (C=O) groups is 1. The number of anilines is 1. The summed E-state index contributed by atoms with van der Waals surface area (Å²) in [7, 11) is 0. The average molecular weight is 456 g/mol. The molecule has 1 N–H and O–H groups in total. The first-order valence-electron chi connectivity index (χ1n) is 11.3. The molecule has 0 bridgehead atoms. The highest BCUT2D eigenvalue weighted by molar-refractivity contribution is 5.74. The summed E-state index contributed by atoms with van der Waals surface area (Å²) in [6.45, 7) is 3.95. The predicted octanol–water partition coefficient (Wildman–Crippen LogP) is 3.24. The molecule has 10 heteroatoms. The Balaban J connectivity index is 1.35. The van der Waals surface area contributed by atoms with Crippen molar-refractivity contribution in [2.75, 3.05) is 24.5 Å². The van der Waals surface area contributed by atoms with Crippen molar-refractivity contribution in [2.24, 2.45) is 0 Å². The molecule has 1 aliphatic carbocycles. The molecule has 1 saturated heterocycles. The molecule has 3 aliphatic rings. The maximum Gasteiger partial charge on any atom is 0.219 e. The summed E-state index contributed by atoms with van der Waals surface area (Å²) in [4.78, 5) is 33.1. The Bertz CT molecular complexity index is 1090. The van der Waals surface area contributed by atoms with Gasteiger partial charge in [0.1, 0.15) is 23.8 Å². The molecule has 1 atom stereocenters. The van der Waals surface area contributed by atoms with Gasteiger partial charge in [0.05, 0.1) is 17.9 Å². The highest BCUT2D eigenvalue weighted by atomic mass is 19.1. The molecule has 1 amide bonds. The number of aromatic amines is 1. The summed E-state index contributed by atoms with van der Waals surface area (Å²) in [5.41, 5.74) is 2.35. The van der Waals surface area contributed by atoms with Crippen LogP contribution in [0.4, 0.5) is 14.6 Å². The molecular weight excluding hydrogens is 430 g/mol. The fourth-order valence-electron chi connectivity index (χ4n) is 4.46. The van der Waals surface area contributed by atoms with E-state index in [9.17, 15) is 13.6 Å². The molecule has 2 aromatic heterocycles. The molecule has 0 spiro atoms. The number of amides is 1. The van der Waals surface area contributed by atoms with Gasteiger partial charge in [0.15, 0.2) is 17.4 Å². The summed E-state index contributed by atoms with van der Waals surface area (Å²) in [6, 6.07) is 0. The van der Waals surface area contributed by atoms with Gasteiger partial charge in [-0.05, 0) is 12.2 Å². The number of fused-ring (bicyclic) bond motifs is 1. The molecule has 0 aromatic carbocycles. The first kappa shape index (κ1) is 21.5. The topological polar surface area (TPSA) is 87.2 Å². The number of carbonyl (C=O) groups excluding carboxylic acids is 1. The number of allylic oxidation sites excluding steroid dienone is 3. The number of hydrogen-bond donors (Lipinski definition) is 1. The van der Waals surface area contributed by atoms with Gasteiger partial charge >= 0.3 is 0 Å². The maximum absolute atomic E-state index is 14.0. The minimum absolute atomic E-state index is 0.0227. The van der Waals surface area contributed by atoms with E-state index in [1.165, 1.54) is 12.2 Å². The first-order chi connectivity index (χ1) is 16.0. The number of alkyl halides is 1. The average Bonchev–Trinajstić information content (AvgIpc) is 3.35. The van der Waals surface area contributed by atoms with Gasteiger partial charge in [-0.2, -0.15) is 0 Å². The lowest BCUT2D eigenvalue weighted by Crippen LogP contribution is -2.39. The van der Waals surface area contributed by atoms with Crippen molar-refractivity contribution in [3.8, 4) is 11.5 Å². The van der Waals surface area contributed by atoms with Crippen molar-refractivity contribution in [1.82, 2.24) is 24.8 Å². The second-order valence-electron chi connectivity index (χ2n) is 8.57. The largest absolute Gasteiger partial charge is 0.488 e. The molecule has 8 nitrogen and oxygen atoms in total. The Morgan fingerprint density at radius 1 is 1.21 bits per heavy atom. The number of aromatic nitrogens is 4. The summed E-state index contributed by atoms with van der Waals surface area (Å²) in [5, 5.41) is 0. The number of rotatable bonds is 4. The monoisotopic (exact) mass is 456 g/mol. The summed E-state index contributed by atoms with van der Waals surface area (Å²) in [5.74, 6) is 1.00. The Kier molecular flexibility index (Phi) is 5.82. The maximum atomic E-state index is 14.0. The number of H-pyrrole nitrogens is 1. The van der Waals surface area contributed by atoms with E-state index in [1.54, 1.807) is 24.2 Å². The lowest BCUT2D eigenvalue weighted by molar-refractivity contribution is -0.129. The van der Waals surface area contributed by atoms with Crippen LogP contribution in [0.1, 0.15) is 37.6 Å². The third-order valence-electron chi connectivity index (χ3n) is 6.29. The number of hydrogen-bond acceptors (Lipinski definition) is 6. The molecule has 0 radical (unpaired) electrons.